The van der Waals surface area contributed by atoms with Crippen molar-refractivity contribution in [2.75, 3.05) is 18.5 Å². The van der Waals surface area contributed by atoms with Crippen molar-refractivity contribution in [3.8, 4) is 0 Å². The third-order valence-electron chi connectivity index (χ3n) is 7.54. The Hall–Kier alpha value is 0.870. The van der Waals surface area contributed by atoms with Crippen molar-refractivity contribution >= 4 is 20.8 Å². The summed E-state index contributed by atoms with van der Waals surface area (Å²) in [7, 11) is 0. The Morgan fingerprint density at radius 2 is 0.806 bits per heavy atom. The fourth-order valence-electron chi connectivity index (χ4n) is 5.20. The first-order valence-corrected chi connectivity index (χ1v) is 19.3. The van der Waals surface area contributed by atoms with E-state index < -0.39 is 5.31 Å². The van der Waals surface area contributed by atoms with Crippen LogP contribution >= 0.6 is 20.8 Å². The van der Waals surface area contributed by atoms with Gasteiger partial charge < -0.3 is 0 Å². The Kier molecular flexibility index (Phi) is 20.8. The van der Waals surface area contributed by atoms with Gasteiger partial charge in [-0.3, -0.25) is 0 Å². The normalized spacial score (nSPS) is 14.5. The first kappa shape index (κ1) is 31.9. The maximum absolute atomic E-state index is 6.94. The molecule has 0 aliphatic carbocycles. The molecule has 0 rings (SSSR count). The molecule has 0 saturated heterocycles. The molecule has 3 heteroatoms. The molecule has 0 spiro atoms. The predicted molar refractivity (Wildman–Crippen MR) is 153 cm³/mol. The summed E-state index contributed by atoms with van der Waals surface area (Å²) in [6, 6.07) is 0. The van der Waals surface area contributed by atoms with Gasteiger partial charge in [-0.15, -0.1) is 0 Å². The molecule has 0 aliphatic heterocycles. The Morgan fingerprint density at radius 1 is 0.484 bits per heavy atom. The average molecular weight is 523 g/mol. The van der Waals surface area contributed by atoms with Crippen LogP contribution in [0.25, 0.3) is 0 Å². The SMILES string of the molecule is CCCCCCCCCCCCCCCCP(Br)(CCCC)(CCCC)C(N)CCC. The Labute approximate surface area is 206 Å². The van der Waals surface area contributed by atoms with Gasteiger partial charge in [0.25, 0.3) is 0 Å². The van der Waals surface area contributed by atoms with Crippen molar-refractivity contribution in [1.82, 2.24) is 0 Å². The van der Waals surface area contributed by atoms with Crippen LogP contribution in [0.1, 0.15) is 156 Å². The topological polar surface area (TPSA) is 26.0 Å². The Balaban J connectivity index is 4.16. The molecular formula is C28H61BrNP. The van der Waals surface area contributed by atoms with Gasteiger partial charge in [0.1, 0.15) is 0 Å². The quantitative estimate of drug-likeness (QED) is 0.0990. The summed E-state index contributed by atoms with van der Waals surface area (Å²) >= 11 is 4.50. The zero-order valence-corrected chi connectivity index (χ0v) is 24.7. The molecule has 1 atom stereocenters. The van der Waals surface area contributed by atoms with Gasteiger partial charge in [-0.1, -0.05) is 26.2 Å². The van der Waals surface area contributed by atoms with Crippen molar-refractivity contribution in [2.24, 2.45) is 5.73 Å². The molecule has 0 aliphatic rings. The van der Waals surface area contributed by atoms with E-state index in [4.69, 9.17) is 5.73 Å². The summed E-state index contributed by atoms with van der Waals surface area (Å²) < 4.78 is 0. The molecule has 31 heavy (non-hydrogen) atoms. The monoisotopic (exact) mass is 521 g/mol. The fourth-order valence-corrected chi connectivity index (χ4v) is 13.7. The molecule has 2 N–H and O–H groups in total. The van der Waals surface area contributed by atoms with Crippen LogP contribution in [-0.4, -0.2) is 24.3 Å². The van der Waals surface area contributed by atoms with E-state index in [1.807, 2.05) is 0 Å². The van der Waals surface area contributed by atoms with Crippen molar-refractivity contribution in [3.05, 3.63) is 0 Å². The molecule has 1 unspecified atom stereocenters. The number of nitrogens with two attached hydrogens (primary N) is 1. The van der Waals surface area contributed by atoms with E-state index in [0.717, 1.165) is 0 Å². The second kappa shape index (κ2) is 20.3. The standard InChI is InChI=1S/C28H61BrNP/c1-5-9-12-13-14-15-16-17-18-19-20-21-22-23-27-31(29,25-10-6-2,26-11-7-3)28(30)24-8-4/h28H,5-27,30H2,1-4H3. The van der Waals surface area contributed by atoms with Crippen LogP contribution in [0, 0.1) is 0 Å². The molecule has 1 nitrogen and oxygen atoms in total. The van der Waals surface area contributed by atoms with E-state index in [2.05, 4.69) is 43.2 Å². The van der Waals surface area contributed by atoms with Crippen LogP contribution in [-0.2, 0) is 0 Å². The third kappa shape index (κ3) is 14.7. The minimum atomic E-state index is -1.97. The van der Waals surface area contributed by atoms with Crippen LogP contribution in [0.5, 0.6) is 0 Å². The number of hydrogen-bond donors (Lipinski definition) is 1. The number of halogens is 1. The average Bonchev–Trinajstić information content (AvgIpc) is 2.77. The van der Waals surface area contributed by atoms with Crippen LogP contribution in [0.15, 0.2) is 0 Å². The van der Waals surface area contributed by atoms with Gasteiger partial charge >= 0.3 is 181 Å². The Morgan fingerprint density at radius 3 is 1.16 bits per heavy atom. The molecule has 0 bridgehead atoms. The molecule has 0 radical (unpaired) electrons. The molecule has 190 valence electrons. The second-order valence-electron chi connectivity index (χ2n) is 10.5. The van der Waals surface area contributed by atoms with Gasteiger partial charge in [0, 0.05) is 0 Å². The first-order chi connectivity index (χ1) is 15.0. The van der Waals surface area contributed by atoms with E-state index in [9.17, 15) is 0 Å². The summed E-state index contributed by atoms with van der Waals surface area (Å²) in [5, 5.41) is -1.97. The van der Waals surface area contributed by atoms with Crippen LogP contribution in [0.3, 0.4) is 0 Å². The van der Waals surface area contributed by atoms with E-state index in [0.29, 0.717) is 5.78 Å². The molecule has 0 heterocycles. The maximum atomic E-state index is 6.94. The zero-order valence-electron chi connectivity index (χ0n) is 22.2. The molecule has 0 aromatic rings. The predicted octanol–water partition coefficient (Wildman–Crippen LogP) is 11.0. The van der Waals surface area contributed by atoms with E-state index in [1.165, 1.54) is 147 Å². The molecule has 0 saturated carbocycles. The molecule has 0 fully saturated rings. The number of rotatable bonds is 24. The van der Waals surface area contributed by atoms with Crippen LogP contribution in [0.4, 0.5) is 0 Å². The van der Waals surface area contributed by atoms with Crippen LogP contribution < -0.4 is 5.73 Å². The van der Waals surface area contributed by atoms with Crippen molar-refractivity contribution < 1.29 is 0 Å². The fraction of sp³-hybridized carbons (Fsp3) is 1.00. The minimum absolute atomic E-state index is 0.413. The van der Waals surface area contributed by atoms with Crippen molar-refractivity contribution in [3.63, 3.8) is 0 Å². The van der Waals surface area contributed by atoms with Crippen molar-refractivity contribution in [1.29, 1.82) is 0 Å². The first-order valence-electron chi connectivity index (χ1n) is 14.4. The summed E-state index contributed by atoms with van der Waals surface area (Å²) in [5.74, 6) is 0.413. The van der Waals surface area contributed by atoms with Crippen molar-refractivity contribution in [2.45, 2.75) is 162 Å². The molecule has 0 aromatic heterocycles. The third-order valence-corrected chi connectivity index (χ3v) is 18.4. The number of unbranched alkanes of at least 4 members (excludes halogenated alkanes) is 15. The summed E-state index contributed by atoms with van der Waals surface area (Å²) in [5.41, 5.74) is 6.94. The van der Waals surface area contributed by atoms with E-state index in [1.54, 1.807) is 0 Å². The van der Waals surface area contributed by atoms with Gasteiger partial charge in [0.15, 0.2) is 0 Å². The molecule has 0 amide bonds. The number of hydrogen-bond acceptors (Lipinski definition) is 1. The summed E-state index contributed by atoms with van der Waals surface area (Å²) in [6.07, 6.45) is 32.0. The second-order valence-corrected chi connectivity index (χ2v) is 21.6. The van der Waals surface area contributed by atoms with Gasteiger partial charge in [-0.25, -0.2) is 0 Å². The zero-order chi connectivity index (χ0) is 23.3. The molecule has 0 aromatic carbocycles. The van der Waals surface area contributed by atoms with Gasteiger partial charge in [-0.05, 0) is 0 Å². The summed E-state index contributed by atoms with van der Waals surface area (Å²) in [6.45, 7) is 9.29. The Bertz CT molecular complexity index is 379. The van der Waals surface area contributed by atoms with Gasteiger partial charge in [0.05, 0.1) is 0 Å². The van der Waals surface area contributed by atoms with E-state index >= 15 is 0 Å². The van der Waals surface area contributed by atoms with Crippen LogP contribution in [0.2, 0.25) is 0 Å². The molecular weight excluding hydrogens is 461 g/mol. The van der Waals surface area contributed by atoms with E-state index in [-0.39, 0.29) is 0 Å². The van der Waals surface area contributed by atoms with Gasteiger partial charge in [0.2, 0.25) is 0 Å². The van der Waals surface area contributed by atoms with Gasteiger partial charge in [-0.2, -0.15) is 0 Å². The summed E-state index contributed by atoms with van der Waals surface area (Å²) in [4.78, 5) is 0.